The van der Waals surface area contributed by atoms with Crippen LogP contribution in [0.5, 0.6) is 0 Å². The van der Waals surface area contributed by atoms with Gasteiger partial charge in [-0.05, 0) is 13.3 Å². The van der Waals surface area contributed by atoms with Crippen LogP contribution in [0.15, 0.2) is 12.1 Å². The lowest BCUT2D eigenvalue weighted by Gasteiger charge is -2.26. The highest BCUT2D eigenvalue weighted by molar-refractivity contribution is 5.82. The molecule has 94 valence electrons. The van der Waals surface area contributed by atoms with Gasteiger partial charge in [-0.25, -0.2) is 18.0 Å². The topological polar surface area (TPSA) is 49.3 Å². The molecule has 0 radical (unpaired) electrons. The summed E-state index contributed by atoms with van der Waals surface area (Å²) in [5.74, 6) is -4.80. The van der Waals surface area contributed by atoms with E-state index in [0.29, 0.717) is 12.1 Å². The molecule has 17 heavy (non-hydrogen) atoms. The summed E-state index contributed by atoms with van der Waals surface area (Å²) >= 11 is 0. The molecule has 6 heteroatoms. The van der Waals surface area contributed by atoms with Crippen LogP contribution in [-0.2, 0) is 4.79 Å². The highest BCUT2D eigenvalue weighted by Crippen LogP contribution is 2.24. The highest BCUT2D eigenvalue weighted by Gasteiger charge is 2.31. The van der Waals surface area contributed by atoms with Gasteiger partial charge in [0.1, 0.15) is 11.4 Å². The standard InChI is InChI=1S/C11H12F3NO2/c1-3-11(2,10(16)17)15-9-5-7(13)6(12)4-8(9)14/h4-5,15H,3H2,1-2H3,(H,16,17). The first-order chi connectivity index (χ1) is 7.80. The average molecular weight is 247 g/mol. The van der Waals surface area contributed by atoms with Crippen LogP contribution < -0.4 is 5.32 Å². The number of nitrogens with one attached hydrogen (secondary N) is 1. The van der Waals surface area contributed by atoms with Gasteiger partial charge < -0.3 is 10.4 Å². The predicted octanol–water partition coefficient (Wildman–Crippen LogP) is 2.77. The number of carboxylic acids is 1. The maximum atomic E-state index is 13.3. The van der Waals surface area contributed by atoms with E-state index in [1.54, 1.807) is 6.92 Å². The number of anilines is 1. The predicted molar refractivity (Wildman–Crippen MR) is 56.3 cm³/mol. The van der Waals surface area contributed by atoms with Crippen molar-refractivity contribution in [3.8, 4) is 0 Å². The van der Waals surface area contributed by atoms with Gasteiger partial charge in [-0.3, -0.25) is 0 Å². The van der Waals surface area contributed by atoms with E-state index in [4.69, 9.17) is 5.11 Å². The van der Waals surface area contributed by atoms with Crippen molar-refractivity contribution in [1.29, 1.82) is 0 Å². The molecule has 0 amide bonds. The summed E-state index contributed by atoms with van der Waals surface area (Å²) in [6.45, 7) is 2.91. The van der Waals surface area contributed by atoms with E-state index in [0.717, 1.165) is 0 Å². The minimum absolute atomic E-state index is 0.154. The molecular formula is C11H12F3NO2. The zero-order chi connectivity index (χ0) is 13.2. The van der Waals surface area contributed by atoms with Crippen LogP contribution in [0.1, 0.15) is 20.3 Å². The molecule has 0 saturated heterocycles. The Bertz CT molecular complexity index is 451. The molecular weight excluding hydrogens is 235 g/mol. The summed E-state index contributed by atoms with van der Waals surface area (Å²) in [6.07, 6.45) is 0.154. The zero-order valence-corrected chi connectivity index (χ0v) is 9.35. The maximum absolute atomic E-state index is 13.3. The van der Waals surface area contributed by atoms with Gasteiger partial charge in [-0.1, -0.05) is 6.92 Å². The Morgan fingerprint density at radius 1 is 1.29 bits per heavy atom. The largest absolute Gasteiger partial charge is 0.480 e. The van der Waals surface area contributed by atoms with Gasteiger partial charge in [0.15, 0.2) is 11.6 Å². The first kappa shape index (κ1) is 13.3. The summed E-state index contributed by atoms with van der Waals surface area (Å²) in [5.41, 5.74) is -1.82. The summed E-state index contributed by atoms with van der Waals surface area (Å²) in [6, 6.07) is 0.969. The minimum atomic E-state index is -1.44. The van der Waals surface area contributed by atoms with E-state index in [-0.39, 0.29) is 12.1 Å². The highest BCUT2D eigenvalue weighted by atomic mass is 19.2. The molecule has 0 heterocycles. The van der Waals surface area contributed by atoms with E-state index in [1.165, 1.54) is 6.92 Å². The van der Waals surface area contributed by atoms with Crippen LogP contribution >= 0.6 is 0 Å². The third kappa shape index (κ3) is 2.69. The molecule has 0 aliphatic carbocycles. The van der Waals surface area contributed by atoms with Gasteiger partial charge in [-0.15, -0.1) is 0 Å². The maximum Gasteiger partial charge on any atom is 0.329 e. The Kier molecular flexibility index (Phi) is 3.65. The number of aliphatic carboxylic acids is 1. The summed E-state index contributed by atoms with van der Waals surface area (Å²) < 4.78 is 38.9. The van der Waals surface area contributed by atoms with E-state index < -0.39 is 29.0 Å². The number of hydrogen-bond acceptors (Lipinski definition) is 2. The van der Waals surface area contributed by atoms with Gasteiger partial charge in [0.05, 0.1) is 5.69 Å². The lowest BCUT2D eigenvalue weighted by Crippen LogP contribution is -2.43. The van der Waals surface area contributed by atoms with Crippen LogP contribution in [0.2, 0.25) is 0 Å². The van der Waals surface area contributed by atoms with Gasteiger partial charge >= 0.3 is 5.97 Å². The molecule has 1 aromatic carbocycles. The van der Waals surface area contributed by atoms with Crippen LogP contribution in [0.25, 0.3) is 0 Å². The molecule has 0 aromatic heterocycles. The molecule has 0 fully saturated rings. The first-order valence-corrected chi connectivity index (χ1v) is 4.96. The number of hydrogen-bond donors (Lipinski definition) is 2. The molecule has 0 saturated carbocycles. The summed E-state index contributed by atoms with van der Waals surface area (Å²) in [5, 5.41) is 11.3. The molecule has 1 aromatic rings. The van der Waals surface area contributed by atoms with Crippen molar-refractivity contribution in [2.24, 2.45) is 0 Å². The second-order valence-electron chi connectivity index (χ2n) is 3.86. The molecule has 1 atom stereocenters. The Hall–Kier alpha value is -1.72. The fourth-order valence-electron chi connectivity index (χ4n) is 1.21. The Morgan fingerprint density at radius 2 is 1.82 bits per heavy atom. The first-order valence-electron chi connectivity index (χ1n) is 4.96. The molecule has 1 rings (SSSR count). The van der Waals surface area contributed by atoms with Crippen molar-refractivity contribution in [1.82, 2.24) is 0 Å². The van der Waals surface area contributed by atoms with Crippen molar-refractivity contribution in [3.05, 3.63) is 29.6 Å². The third-order valence-corrected chi connectivity index (χ3v) is 2.60. The van der Waals surface area contributed by atoms with Crippen molar-refractivity contribution in [2.45, 2.75) is 25.8 Å². The van der Waals surface area contributed by atoms with Crippen molar-refractivity contribution in [3.63, 3.8) is 0 Å². The zero-order valence-electron chi connectivity index (χ0n) is 9.35. The van der Waals surface area contributed by atoms with Gasteiger partial charge in [0, 0.05) is 12.1 Å². The van der Waals surface area contributed by atoms with E-state index in [9.17, 15) is 18.0 Å². The van der Waals surface area contributed by atoms with Crippen LogP contribution in [0.3, 0.4) is 0 Å². The Labute approximate surface area is 96.3 Å². The van der Waals surface area contributed by atoms with Crippen LogP contribution in [-0.4, -0.2) is 16.6 Å². The number of halogens is 3. The fraction of sp³-hybridized carbons (Fsp3) is 0.364. The van der Waals surface area contributed by atoms with Crippen LogP contribution in [0.4, 0.5) is 18.9 Å². The summed E-state index contributed by atoms with van der Waals surface area (Å²) in [7, 11) is 0. The average Bonchev–Trinajstić information content (AvgIpc) is 2.25. The summed E-state index contributed by atoms with van der Waals surface area (Å²) in [4.78, 5) is 11.0. The van der Waals surface area contributed by atoms with Crippen LogP contribution in [0, 0.1) is 17.5 Å². The van der Waals surface area contributed by atoms with E-state index in [1.807, 2.05) is 0 Å². The molecule has 2 N–H and O–H groups in total. The SMILES string of the molecule is CCC(C)(Nc1cc(F)c(F)cc1F)C(=O)O. The quantitative estimate of drug-likeness (QED) is 0.804. The second kappa shape index (κ2) is 4.65. The van der Waals surface area contributed by atoms with Crippen molar-refractivity contribution >= 4 is 11.7 Å². The third-order valence-electron chi connectivity index (χ3n) is 2.60. The fourth-order valence-corrected chi connectivity index (χ4v) is 1.21. The second-order valence-corrected chi connectivity index (χ2v) is 3.86. The lowest BCUT2D eigenvalue weighted by atomic mass is 9.98. The minimum Gasteiger partial charge on any atom is -0.480 e. The van der Waals surface area contributed by atoms with E-state index in [2.05, 4.69) is 5.32 Å². The molecule has 3 nitrogen and oxygen atoms in total. The lowest BCUT2D eigenvalue weighted by molar-refractivity contribution is -0.141. The smallest absolute Gasteiger partial charge is 0.329 e. The Morgan fingerprint density at radius 3 is 2.29 bits per heavy atom. The monoisotopic (exact) mass is 247 g/mol. The number of benzene rings is 1. The van der Waals surface area contributed by atoms with Gasteiger partial charge in [0.2, 0.25) is 0 Å². The molecule has 0 aliphatic heterocycles. The van der Waals surface area contributed by atoms with E-state index >= 15 is 0 Å². The van der Waals surface area contributed by atoms with Crippen molar-refractivity contribution < 1.29 is 23.1 Å². The molecule has 1 unspecified atom stereocenters. The number of carboxylic acid groups (broad SMARTS) is 1. The normalized spacial score (nSPS) is 14.2. The molecule has 0 bridgehead atoms. The molecule has 0 spiro atoms. The number of rotatable bonds is 4. The Balaban J connectivity index is 3.10. The van der Waals surface area contributed by atoms with Gasteiger partial charge in [-0.2, -0.15) is 0 Å². The van der Waals surface area contributed by atoms with Crippen molar-refractivity contribution in [2.75, 3.05) is 5.32 Å². The number of carbonyl (C=O) groups is 1. The molecule has 0 aliphatic rings. The van der Waals surface area contributed by atoms with Gasteiger partial charge in [0.25, 0.3) is 0 Å².